The second-order valence-electron chi connectivity index (χ2n) is 4.00. The van der Waals surface area contributed by atoms with Crippen molar-refractivity contribution in [1.29, 1.82) is 0 Å². The summed E-state index contributed by atoms with van der Waals surface area (Å²) in [5.74, 6) is -0.584. The van der Waals surface area contributed by atoms with Gasteiger partial charge >= 0.3 is 0 Å². The zero-order valence-electron chi connectivity index (χ0n) is 9.43. The molecule has 0 atom stereocenters. The van der Waals surface area contributed by atoms with Gasteiger partial charge in [-0.3, -0.25) is 4.79 Å². The minimum atomic E-state index is -0.361. The number of nitrogens with zero attached hydrogens (tertiary/aromatic N) is 2. The van der Waals surface area contributed by atoms with E-state index in [1.807, 2.05) is 12.1 Å². The van der Waals surface area contributed by atoms with Crippen LogP contribution in [-0.4, -0.2) is 16.2 Å². The molecule has 0 saturated carbocycles. The summed E-state index contributed by atoms with van der Waals surface area (Å²) in [6.45, 7) is 0.184. The minimum absolute atomic E-state index is 0.184. The highest BCUT2D eigenvalue weighted by molar-refractivity contribution is 6.13. The van der Waals surface area contributed by atoms with Gasteiger partial charge in [0.2, 0.25) is 0 Å². The molecule has 0 saturated heterocycles. The zero-order chi connectivity index (χ0) is 12.5. The van der Waals surface area contributed by atoms with E-state index in [0.29, 0.717) is 11.3 Å². The topological polar surface area (TPSA) is 46.4 Å². The predicted octanol–water partition coefficient (Wildman–Crippen LogP) is 1.51. The number of aromatic nitrogens is 1. The molecule has 1 aromatic heterocycles. The van der Waals surface area contributed by atoms with Crippen LogP contribution < -0.4 is 5.43 Å². The molecule has 1 amide bonds. The first-order chi connectivity index (χ1) is 8.75. The van der Waals surface area contributed by atoms with Crippen molar-refractivity contribution < 1.29 is 9.18 Å². The zero-order valence-corrected chi connectivity index (χ0v) is 9.43. The Morgan fingerprint density at radius 1 is 1.22 bits per heavy atom. The molecule has 0 spiro atoms. The number of nitrogens with one attached hydrogen (secondary N) is 1. The number of hydrogen-bond acceptors (Lipinski definition) is 2. The fourth-order valence-corrected chi connectivity index (χ4v) is 1.98. The van der Waals surface area contributed by atoms with Gasteiger partial charge in [0.25, 0.3) is 5.91 Å². The molecule has 90 valence electrons. The molecule has 3 rings (SSSR count). The van der Waals surface area contributed by atoms with Crippen molar-refractivity contribution in [1.82, 2.24) is 9.99 Å². The van der Waals surface area contributed by atoms with E-state index < -0.39 is 0 Å². The third-order valence-electron chi connectivity index (χ3n) is 2.81. The second kappa shape index (κ2) is 4.10. The quantitative estimate of drug-likeness (QED) is 0.810. The fourth-order valence-electron chi connectivity index (χ4n) is 1.98. The maximum Gasteiger partial charge on any atom is 0.260 e. The summed E-state index contributed by atoms with van der Waals surface area (Å²) in [6, 6.07) is 9.99. The lowest BCUT2D eigenvalue weighted by molar-refractivity contribution is -0.121. The van der Waals surface area contributed by atoms with E-state index in [1.54, 1.807) is 29.0 Å². The Kier molecular flexibility index (Phi) is 2.44. The van der Waals surface area contributed by atoms with Crippen molar-refractivity contribution >= 4 is 11.6 Å². The van der Waals surface area contributed by atoms with E-state index in [4.69, 9.17) is 0 Å². The lowest BCUT2D eigenvalue weighted by atomic mass is 10.1. The van der Waals surface area contributed by atoms with E-state index in [1.165, 1.54) is 6.07 Å². The number of carbonyl (C=O) groups excluding carboxylic acids is 1. The highest BCUT2D eigenvalue weighted by Crippen LogP contribution is 2.16. The van der Waals surface area contributed by atoms with Crippen molar-refractivity contribution in [2.24, 2.45) is 5.10 Å². The predicted molar refractivity (Wildman–Crippen MR) is 64.6 cm³/mol. The smallest absolute Gasteiger partial charge is 0.260 e. The maximum absolute atomic E-state index is 13.8. The van der Waals surface area contributed by atoms with Crippen molar-refractivity contribution in [2.75, 3.05) is 0 Å². The van der Waals surface area contributed by atoms with Crippen LogP contribution in [0.4, 0.5) is 4.39 Å². The van der Waals surface area contributed by atoms with Crippen LogP contribution in [0.15, 0.2) is 47.7 Å². The summed E-state index contributed by atoms with van der Waals surface area (Å²) in [5, 5.41) is 4.01. The summed E-state index contributed by atoms with van der Waals surface area (Å²) < 4.78 is 15.5. The molecule has 0 bridgehead atoms. The van der Waals surface area contributed by atoms with E-state index in [2.05, 4.69) is 10.5 Å². The summed E-state index contributed by atoms with van der Waals surface area (Å²) in [4.78, 5) is 11.5. The Morgan fingerprint density at radius 2 is 2.06 bits per heavy atom. The normalized spacial score (nSPS) is 14.5. The molecule has 1 aliphatic rings. The summed E-state index contributed by atoms with van der Waals surface area (Å²) >= 11 is 0. The van der Waals surface area contributed by atoms with Gasteiger partial charge in [-0.25, -0.2) is 9.82 Å². The van der Waals surface area contributed by atoms with Crippen LogP contribution in [-0.2, 0) is 11.3 Å². The van der Waals surface area contributed by atoms with E-state index in [0.717, 1.165) is 5.69 Å². The maximum atomic E-state index is 13.8. The monoisotopic (exact) mass is 243 g/mol. The molecule has 1 N–H and O–H groups in total. The second-order valence-corrected chi connectivity index (χ2v) is 4.00. The average molecular weight is 243 g/mol. The van der Waals surface area contributed by atoms with Gasteiger partial charge in [0.1, 0.15) is 18.1 Å². The Morgan fingerprint density at radius 3 is 2.89 bits per heavy atom. The molecule has 2 heterocycles. The van der Waals surface area contributed by atoms with Gasteiger partial charge in [-0.15, -0.1) is 0 Å². The highest BCUT2D eigenvalue weighted by Gasteiger charge is 2.19. The van der Waals surface area contributed by atoms with Gasteiger partial charge in [-0.1, -0.05) is 12.1 Å². The number of hydrogen-bond donors (Lipinski definition) is 1. The van der Waals surface area contributed by atoms with Crippen molar-refractivity contribution in [2.45, 2.75) is 6.54 Å². The number of fused-ring (bicyclic) bond motifs is 1. The number of amides is 1. The first-order valence-electron chi connectivity index (χ1n) is 5.52. The van der Waals surface area contributed by atoms with Crippen molar-refractivity contribution in [3.63, 3.8) is 0 Å². The summed E-state index contributed by atoms with van der Waals surface area (Å²) in [6.07, 6.45) is 1.77. The lowest BCUT2D eigenvalue weighted by Gasteiger charge is -2.07. The van der Waals surface area contributed by atoms with E-state index >= 15 is 0 Å². The van der Waals surface area contributed by atoms with Gasteiger partial charge in [0.15, 0.2) is 0 Å². The number of halogens is 1. The third kappa shape index (κ3) is 1.69. The molecule has 2 aromatic rings. The van der Waals surface area contributed by atoms with Crippen LogP contribution in [0.1, 0.15) is 11.3 Å². The molecule has 1 aliphatic heterocycles. The molecule has 0 unspecified atom stereocenters. The SMILES string of the molecule is O=C1Cn2cccc2C(c2ccccc2F)=NN1. The van der Waals surface area contributed by atoms with Crippen LogP contribution in [0.25, 0.3) is 0 Å². The largest absolute Gasteiger partial charge is 0.337 e. The molecular weight excluding hydrogens is 233 g/mol. The lowest BCUT2D eigenvalue weighted by Crippen LogP contribution is -2.20. The summed E-state index contributed by atoms with van der Waals surface area (Å²) in [7, 11) is 0. The van der Waals surface area contributed by atoms with Gasteiger partial charge < -0.3 is 4.57 Å². The van der Waals surface area contributed by atoms with Gasteiger partial charge in [0.05, 0.1) is 5.69 Å². The van der Waals surface area contributed by atoms with Crippen LogP contribution in [0.3, 0.4) is 0 Å². The average Bonchev–Trinajstić information content (AvgIpc) is 2.74. The number of carbonyl (C=O) groups is 1. The molecule has 0 fully saturated rings. The van der Waals surface area contributed by atoms with E-state index in [9.17, 15) is 9.18 Å². The Hall–Kier alpha value is -2.43. The van der Waals surface area contributed by atoms with Gasteiger partial charge in [-0.2, -0.15) is 5.10 Å². The molecule has 4 nitrogen and oxygen atoms in total. The van der Waals surface area contributed by atoms with Crippen LogP contribution in [0, 0.1) is 5.82 Å². The van der Waals surface area contributed by atoms with Crippen molar-refractivity contribution in [3.05, 3.63) is 59.7 Å². The first kappa shape index (κ1) is 10.7. The number of benzene rings is 1. The van der Waals surface area contributed by atoms with E-state index in [-0.39, 0.29) is 18.3 Å². The van der Waals surface area contributed by atoms with Gasteiger partial charge in [0, 0.05) is 11.8 Å². The number of rotatable bonds is 1. The van der Waals surface area contributed by atoms with Crippen LogP contribution in [0.2, 0.25) is 0 Å². The molecule has 5 heteroatoms. The van der Waals surface area contributed by atoms with Crippen LogP contribution >= 0.6 is 0 Å². The molecular formula is C13H10FN3O. The first-order valence-corrected chi connectivity index (χ1v) is 5.52. The van der Waals surface area contributed by atoms with Crippen LogP contribution in [0.5, 0.6) is 0 Å². The minimum Gasteiger partial charge on any atom is -0.337 e. The molecule has 0 radical (unpaired) electrons. The molecule has 18 heavy (non-hydrogen) atoms. The Labute approximate surface area is 103 Å². The highest BCUT2D eigenvalue weighted by atomic mass is 19.1. The fraction of sp³-hybridized carbons (Fsp3) is 0.0769. The molecule has 0 aliphatic carbocycles. The Bertz CT molecular complexity index is 645. The number of hydrazone groups is 1. The van der Waals surface area contributed by atoms with Crippen molar-refractivity contribution in [3.8, 4) is 0 Å². The third-order valence-corrected chi connectivity index (χ3v) is 2.81. The Balaban J connectivity index is 2.18. The summed E-state index contributed by atoms with van der Waals surface area (Å²) in [5.41, 5.74) is 3.94. The standard InChI is InChI=1S/C13H10FN3O/c14-10-5-2-1-4-9(10)13-11-6-3-7-17(11)8-12(18)15-16-13/h1-7H,8H2,(H,15,18). The molecule has 1 aromatic carbocycles. The van der Waals surface area contributed by atoms with Gasteiger partial charge in [-0.05, 0) is 24.3 Å².